The number of aryl methyl sites for hydroxylation is 2. The van der Waals surface area contributed by atoms with E-state index in [1.165, 1.54) is 12.1 Å². The van der Waals surface area contributed by atoms with E-state index < -0.39 is 4.92 Å². The first-order valence-electron chi connectivity index (χ1n) is 7.51. The highest BCUT2D eigenvalue weighted by Gasteiger charge is 2.13. The summed E-state index contributed by atoms with van der Waals surface area (Å²) in [5.74, 6) is 0.810. The Hall–Kier alpha value is -3.07. The zero-order valence-corrected chi connectivity index (χ0v) is 13.9. The summed E-state index contributed by atoms with van der Waals surface area (Å²) in [4.78, 5) is 12.1. The number of rotatable bonds is 6. The van der Waals surface area contributed by atoms with Gasteiger partial charge >= 0.3 is 0 Å². The van der Waals surface area contributed by atoms with E-state index in [0.717, 1.165) is 16.9 Å². The zero-order valence-electron chi connectivity index (χ0n) is 13.9. The normalized spacial score (nSPS) is 10.1. The lowest BCUT2D eigenvalue weighted by Crippen LogP contribution is -2.24. The molecule has 0 N–H and O–H groups in total. The highest BCUT2D eigenvalue weighted by Crippen LogP contribution is 2.24. The quantitative estimate of drug-likeness (QED) is 0.599. The van der Waals surface area contributed by atoms with Gasteiger partial charge in [-0.25, -0.2) is 0 Å². The Balaban J connectivity index is 2.03. The Kier molecular flexibility index (Phi) is 5.38. The number of likely N-dealkylation sites (N-methyl/N-ethyl adjacent to an activating group) is 1. The van der Waals surface area contributed by atoms with Crippen LogP contribution < -0.4 is 9.64 Å². The molecule has 2 aromatic rings. The third kappa shape index (κ3) is 4.23. The molecule has 6 nitrogen and oxygen atoms in total. The molecule has 0 fully saturated rings. The van der Waals surface area contributed by atoms with Gasteiger partial charge in [0.1, 0.15) is 18.4 Å². The van der Waals surface area contributed by atoms with Gasteiger partial charge in [-0.2, -0.15) is 5.26 Å². The van der Waals surface area contributed by atoms with Crippen molar-refractivity contribution >= 4 is 11.4 Å². The van der Waals surface area contributed by atoms with Crippen molar-refractivity contribution < 1.29 is 9.66 Å². The Labute approximate surface area is 141 Å². The molecular weight excluding hydrogens is 306 g/mol. The summed E-state index contributed by atoms with van der Waals surface area (Å²) in [5.41, 5.74) is 3.11. The van der Waals surface area contributed by atoms with E-state index in [-0.39, 0.29) is 11.3 Å². The molecule has 0 radical (unpaired) electrons. The van der Waals surface area contributed by atoms with Gasteiger partial charge in [0.15, 0.2) is 0 Å². The molecule has 0 atom stereocenters. The largest absolute Gasteiger partial charge is 0.492 e. The standard InChI is InChI=1S/C18H19N3O3/c1-13-8-14(2)10-17(9-13)24-7-6-20(3)18-5-4-16(21(22)23)11-15(18)12-19/h4-5,8-11H,6-7H2,1-3H3. The van der Waals surface area contributed by atoms with E-state index in [0.29, 0.717) is 18.8 Å². The molecule has 0 spiro atoms. The maximum atomic E-state index is 10.8. The van der Waals surface area contributed by atoms with Gasteiger partial charge in [-0.1, -0.05) is 6.07 Å². The van der Waals surface area contributed by atoms with E-state index in [4.69, 9.17) is 4.74 Å². The van der Waals surface area contributed by atoms with Gasteiger partial charge in [0.05, 0.1) is 22.7 Å². The van der Waals surface area contributed by atoms with E-state index in [1.807, 2.05) is 44.0 Å². The summed E-state index contributed by atoms with van der Waals surface area (Å²) < 4.78 is 5.76. The van der Waals surface area contributed by atoms with Crippen molar-refractivity contribution in [2.45, 2.75) is 13.8 Å². The molecule has 0 amide bonds. The van der Waals surface area contributed by atoms with Crippen LogP contribution >= 0.6 is 0 Å². The smallest absolute Gasteiger partial charge is 0.270 e. The second-order valence-electron chi connectivity index (χ2n) is 5.66. The minimum atomic E-state index is -0.506. The van der Waals surface area contributed by atoms with Crippen LogP contribution in [0.1, 0.15) is 16.7 Å². The van der Waals surface area contributed by atoms with Crippen molar-refractivity contribution in [3.05, 3.63) is 63.2 Å². The van der Waals surface area contributed by atoms with Gasteiger partial charge in [-0.05, 0) is 43.2 Å². The van der Waals surface area contributed by atoms with E-state index in [9.17, 15) is 15.4 Å². The van der Waals surface area contributed by atoms with Crippen molar-refractivity contribution in [3.8, 4) is 11.8 Å². The van der Waals surface area contributed by atoms with Gasteiger partial charge in [0.2, 0.25) is 0 Å². The second kappa shape index (κ2) is 7.47. The molecule has 2 rings (SSSR count). The number of nitriles is 1. The minimum Gasteiger partial charge on any atom is -0.492 e. The SMILES string of the molecule is Cc1cc(C)cc(OCCN(C)c2ccc([N+](=O)[O-])cc2C#N)c1. The van der Waals surface area contributed by atoms with Crippen molar-refractivity contribution in [2.75, 3.05) is 25.1 Å². The number of hydrogen-bond donors (Lipinski definition) is 0. The number of benzene rings is 2. The first-order valence-corrected chi connectivity index (χ1v) is 7.51. The number of hydrogen-bond acceptors (Lipinski definition) is 5. The molecular formula is C18H19N3O3. The monoisotopic (exact) mass is 325 g/mol. The molecule has 0 unspecified atom stereocenters. The van der Waals surface area contributed by atoms with E-state index >= 15 is 0 Å². The number of nitrogens with zero attached hydrogens (tertiary/aromatic N) is 3. The molecule has 24 heavy (non-hydrogen) atoms. The molecule has 0 saturated heterocycles. The molecule has 2 aromatic carbocycles. The van der Waals surface area contributed by atoms with Crippen LogP contribution in [0.4, 0.5) is 11.4 Å². The van der Waals surface area contributed by atoms with Crippen LogP contribution in [0.25, 0.3) is 0 Å². The van der Waals surface area contributed by atoms with Gasteiger partial charge < -0.3 is 9.64 Å². The maximum absolute atomic E-state index is 10.8. The van der Waals surface area contributed by atoms with Crippen molar-refractivity contribution in [1.82, 2.24) is 0 Å². The third-order valence-electron chi connectivity index (χ3n) is 3.61. The minimum absolute atomic E-state index is 0.0878. The lowest BCUT2D eigenvalue weighted by molar-refractivity contribution is -0.384. The van der Waals surface area contributed by atoms with E-state index in [1.54, 1.807) is 6.07 Å². The molecule has 0 bridgehead atoms. The van der Waals surface area contributed by atoms with Gasteiger partial charge in [-0.3, -0.25) is 10.1 Å². The summed E-state index contributed by atoms with van der Waals surface area (Å²) in [5, 5.41) is 20.0. The summed E-state index contributed by atoms with van der Waals surface area (Å²) in [6, 6.07) is 12.3. The van der Waals surface area contributed by atoms with Crippen LogP contribution in [0.3, 0.4) is 0 Å². The topological polar surface area (TPSA) is 79.4 Å². The number of ether oxygens (including phenoxy) is 1. The number of nitro groups is 1. The average Bonchev–Trinajstić information content (AvgIpc) is 2.53. The van der Waals surface area contributed by atoms with Crippen molar-refractivity contribution in [2.24, 2.45) is 0 Å². The molecule has 0 aliphatic carbocycles. The van der Waals surface area contributed by atoms with Crippen LogP contribution in [-0.2, 0) is 0 Å². The lowest BCUT2D eigenvalue weighted by Gasteiger charge is -2.20. The number of nitro benzene ring substituents is 1. The molecule has 0 heterocycles. The Morgan fingerprint density at radius 1 is 1.21 bits per heavy atom. The lowest BCUT2D eigenvalue weighted by atomic mass is 10.1. The van der Waals surface area contributed by atoms with Crippen LogP contribution in [0.15, 0.2) is 36.4 Å². The van der Waals surface area contributed by atoms with E-state index in [2.05, 4.69) is 6.07 Å². The average molecular weight is 325 g/mol. The van der Waals surface area contributed by atoms with Crippen molar-refractivity contribution in [3.63, 3.8) is 0 Å². The second-order valence-corrected chi connectivity index (χ2v) is 5.66. The predicted octanol–water partition coefficient (Wildman–Crippen LogP) is 3.60. The molecule has 6 heteroatoms. The van der Waals surface area contributed by atoms with Crippen LogP contribution in [0.5, 0.6) is 5.75 Å². The van der Waals surface area contributed by atoms with Crippen LogP contribution in [0, 0.1) is 35.3 Å². The van der Waals surface area contributed by atoms with Gasteiger partial charge in [0.25, 0.3) is 5.69 Å². The summed E-state index contributed by atoms with van der Waals surface area (Å²) in [6.45, 7) is 5.03. The highest BCUT2D eigenvalue weighted by atomic mass is 16.6. The maximum Gasteiger partial charge on any atom is 0.270 e. The van der Waals surface area contributed by atoms with Gasteiger partial charge in [-0.15, -0.1) is 0 Å². The molecule has 0 saturated carbocycles. The first kappa shape index (κ1) is 17.3. The fourth-order valence-electron chi connectivity index (χ4n) is 2.50. The predicted molar refractivity (Wildman–Crippen MR) is 92.5 cm³/mol. The van der Waals surface area contributed by atoms with Crippen molar-refractivity contribution in [1.29, 1.82) is 5.26 Å². The fraction of sp³-hybridized carbons (Fsp3) is 0.278. The Morgan fingerprint density at radius 3 is 2.46 bits per heavy atom. The summed E-state index contributed by atoms with van der Waals surface area (Å²) in [6.07, 6.45) is 0. The Bertz CT molecular complexity index is 776. The van der Waals surface area contributed by atoms with Crippen LogP contribution in [-0.4, -0.2) is 25.1 Å². The highest BCUT2D eigenvalue weighted by molar-refractivity contribution is 5.62. The van der Waals surface area contributed by atoms with Crippen LogP contribution in [0.2, 0.25) is 0 Å². The molecule has 0 aromatic heterocycles. The zero-order chi connectivity index (χ0) is 17.7. The number of non-ortho nitro benzene ring substituents is 1. The summed E-state index contributed by atoms with van der Waals surface area (Å²) >= 11 is 0. The third-order valence-corrected chi connectivity index (χ3v) is 3.61. The number of anilines is 1. The summed E-state index contributed by atoms with van der Waals surface area (Å²) in [7, 11) is 1.83. The Morgan fingerprint density at radius 2 is 1.88 bits per heavy atom. The first-order chi connectivity index (χ1) is 11.4. The molecule has 0 aliphatic heterocycles. The fourth-order valence-corrected chi connectivity index (χ4v) is 2.50. The molecule has 0 aliphatic rings. The molecule has 124 valence electrons. The van der Waals surface area contributed by atoms with Gasteiger partial charge in [0, 0.05) is 19.2 Å².